The zero-order chi connectivity index (χ0) is 13.3. The summed E-state index contributed by atoms with van der Waals surface area (Å²) >= 11 is 6.09. The molecule has 0 saturated carbocycles. The Morgan fingerprint density at radius 1 is 1.42 bits per heavy atom. The first-order valence-electron chi connectivity index (χ1n) is 6.28. The van der Waals surface area contributed by atoms with Crippen LogP contribution in [-0.4, -0.2) is 34.6 Å². The molecule has 0 unspecified atom stereocenters. The van der Waals surface area contributed by atoms with Crippen LogP contribution in [0.25, 0.3) is 11.0 Å². The Bertz CT molecular complexity index is 580. The second-order valence-electron chi connectivity index (χ2n) is 4.90. The highest BCUT2D eigenvalue weighted by atomic mass is 35.5. The lowest BCUT2D eigenvalue weighted by molar-refractivity contribution is 0.0666. The number of hydrogen-bond donors (Lipinski definition) is 2. The molecule has 3 rings (SSSR count). The van der Waals surface area contributed by atoms with E-state index in [9.17, 15) is 4.39 Å². The number of rotatable bonds is 3. The maximum absolute atomic E-state index is 13.1. The van der Waals surface area contributed by atoms with Crippen molar-refractivity contribution in [3.8, 4) is 0 Å². The maximum atomic E-state index is 13.1. The average Bonchev–Trinajstić information content (AvgIpc) is 2.81. The topological polar surface area (TPSA) is 49.9 Å². The molecule has 1 saturated heterocycles. The van der Waals surface area contributed by atoms with E-state index < -0.39 is 0 Å². The van der Waals surface area contributed by atoms with Crippen molar-refractivity contribution >= 4 is 28.6 Å². The summed E-state index contributed by atoms with van der Waals surface area (Å²) in [4.78, 5) is 7.49. The Morgan fingerprint density at radius 3 is 2.95 bits per heavy atom. The number of aromatic nitrogens is 2. The molecule has 102 valence electrons. The van der Waals surface area contributed by atoms with Crippen molar-refractivity contribution in [2.75, 3.05) is 24.4 Å². The largest absolute Gasteiger partial charge is 0.381 e. The Labute approximate surface area is 115 Å². The first-order chi connectivity index (χ1) is 9.21. The molecule has 0 atom stereocenters. The van der Waals surface area contributed by atoms with Gasteiger partial charge in [0.05, 0.1) is 16.6 Å². The summed E-state index contributed by atoms with van der Waals surface area (Å²) in [5.41, 5.74) is 1.21. The number of nitrogens with one attached hydrogen (secondary N) is 2. The quantitative estimate of drug-likeness (QED) is 0.852. The van der Waals surface area contributed by atoms with Crippen molar-refractivity contribution in [2.24, 2.45) is 0 Å². The molecule has 0 radical (unpaired) electrons. The van der Waals surface area contributed by atoms with Gasteiger partial charge in [0.1, 0.15) is 5.82 Å². The standard InChI is InChI=1S/C13H15ClFN3O/c14-8-13(3-5-19-6-4-13)18-12-16-10-2-1-9(15)7-11(10)17-12/h1-2,7H,3-6,8H2,(H2,16,17,18). The van der Waals surface area contributed by atoms with Gasteiger partial charge in [-0.1, -0.05) is 0 Å². The number of nitrogens with zero attached hydrogens (tertiary/aromatic N) is 1. The lowest BCUT2D eigenvalue weighted by Gasteiger charge is -2.36. The summed E-state index contributed by atoms with van der Waals surface area (Å²) in [6.07, 6.45) is 1.67. The van der Waals surface area contributed by atoms with Crippen LogP contribution in [0.4, 0.5) is 10.3 Å². The van der Waals surface area contributed by atoms with Gasteiger partial charge in [0.25, 0.3) is 0 Å². The second-order valence-corrected chi connectivity index (χ2v) is 5.17. The summed E-state index contributed by atoms with van der Waals surface area (Å²) in [6, 6.07) is 4.49. The van der Waals surface area contributed by atoms with E-state index in [1.54, 1.807) is 6.07 Å². The summed E-state index contributed by atoms with van der Waals surface area (Å²) in [5, 5.41) is 3.35. The van der Waals surface area contributed by atoms with E-state index >= 15 is 0 Å². The Morgan fingerprint density at radius 2 is 2.21 bits per heavy atom. The van der Waals surface area contributed by atoms with E-state index in [2.05, 4.69) is 15.3 Å². The van der Waals surface area contributed by atoms with Crippen LogP contribution in [0.15, 0.2) is 18.2 Å². The molecular formula is C13H15ClFN3O. The van der Waals surface area contributed by atoms with Crippen LogP contribution >= 0.6 is 11.6 Å². The van der Waals surface area contributed by atoms with Crippen molar-refractivity contribution in [1.29, 1.82) is 0 Å². The van der Waals surface area contributed by atoms with Gasteiger partial charge in [-0.05, 0) is 31.0 Å². The van der Waals surface area contributed by atoms with Crippen LogP contribution in [0.5, 0.6) is 0 Å². The highest BCUT2D eigenvalue weighted by molar-refractivity contribution is 6.18. The van der Waals surface area contributed by atoms with Crippen molar-refractivity contribution in [2.45, 2.75) is 18.4 Å². The normalized spacial score (nSPS) is 18.6. The summed E-state index contributed by atoms with van der Waals surface area (Å²) < 4.78 is 18.5. The van der Waals surface area contributed by atoms with Crippen molar-refractivity contribution in [3.63, 3.8) is 0 Å². The molecule has 0 amide bonds. The van der Waals surface area contributed by atoms with Gasteiger partial charge in [-0.15, -0.1) is 11.6 Å². The Kier molecular flexibility index (Phi) is 3.33. The number of halogens is 2. The summed E-state index contributed by atoms with van der Waals surface area (Å²) in [6.45, 7) is 1.38. The summed E-state index contributed by atoms with van der Waals surface area (Å²) in [7, 11) is 0. The number of benzene rings is 1. The lowest BCUT2D eigenvalue weighted by atomic mass is 9.92. The minimum Gasteiger partial charge on any atom is -0.381 e. The fourth-order valence-corrected chi connectivity index (χ4v) is 2.68. The average molecular weight is 284 g/mol. The van der Waals surface area contributed by atoms with Crippen molar-refractivity contribution in [3.05, 3.63) is 24.0 Å². The number of imidazole rings is 1. The number of hydrogen-bond acceptors (Lipinski definition) is 3. The highest BCUT2D eigenvalue weighted by Gasteiger charge is 2.32. The van der Waals surface area contributed by atoms with Crippen LogP contribution < -0.4 is 5.32 Å². The molecule has 4 nitrogen and oxygen atoms in total. The van der Waals surface area contributed by atoms with E-state index in [-0.39, 0.29) is 11.4 Å². The zero-order valence-electron chi connectivity index (χ0n) is 10.4. The van der Waals surface area contributed by atoms with Gasteiger partial charge < -0.3 is 15.0 Å². The van der Waals surface area contributed by atoms with E-state index in [1.165, 1.54) is 12.1 Å². The van der Waals surface area contributed by atoms with Crippen LogP contribution in [0.2, 0.25) is 0 Å². The third-order valence-corrected chi connectivity index (χ3v) is 4.04. The number of H-pyrrole nitrogens is 1. The Balaban J connectivity index is 1.87. The SMILES string of the molecule is Fc1ccc2nc(NC3(CCl)CCOCC3)[nH]c2c1. The van der Waals surface area contributed by atoms with Gasteiger partial charge in [0, 0.05) is 19.1 Å². The molecule has 1 aromatic heterocycles. The van der Waals surface area contributed by atoms with Crippen LogP contribution in [0.3, 0.4) is 0 Å². The van der Waals surface area contributed by atoms with Gasteiger partial charge in [-0.2, -0.15) is 0 Å². The molecule has 2 heterocycles. The van der Waals surface area contributed by atoms with E-state index in [1.807, 2.05) is 0 Å². The predicted molar refractivity (Wildman–Crippen MR) is 73.2 cm³/mol. The van der Waals surface area contributed by atoms with E-state index in [4.69, 9.17) is 16.3 Å². The third-order valence-electron chi connectivity index (χ3n) is 3.53. The van der Waals surface area contributed by atoms with Crippen LogP contribution in [-0.2, 0) is 4.74 Å². The first kappa shape index (κ1) is 12.7. The van der Waals surface area contributed by atoms with E-state index in [0.717, 1.165) is 18.4 Å². The third kappa shape index (κ3) is 2.53. The number of fused-ring (bicyclic) bond motifs is 1. The molecule has 0 aliphatic carbocycles. The number of ether oxygens (including phenoxy) is 1. The summed E-state index contributed by atoms with van der Waals surface area (Å²) in [5.74, 6) is 0.839. The van der Waals surface area contributed by atoms with Gasteiger partial charge in [0.15, 0.2) is 0 Å². The van der Waals surface area contributed by atoms with Crippen LogP contribution in [0.1, 0.15) is 12.8 Å². The fraction of sp³-hybridized carbons (Fsp3) is 0.462. The molecular weight excluding hydrogens is 269 g/mol. The molecule has 1 aromatic carbocycles. The predicted octanol–water partition coefficient (Wildman–Crippen LogP) is 2.90. The highest BCUT2D eigenvalue weighted by Crippen LogP contribution is 2.27. The zero-order valence-corrected chi connectivity index (χ0v) is 11.1. The monoisotopic (exact) mass is 283 g/mol. The minimum absolute atomic E-state index is 0.202. The first-order valence-corrected chi connectivity index (χ1v) is 6.81. The van der Waals surface area contributed by atoms with Gasteiger partial charge >= 0.3 is 0 Å². The smallest absolute Gasteiger partial charge is 0.201 e. The molecule has 1 aliphatic rings. The molecule has 6 heteroatoms. The van der Waals surface area contributed by atoms with Gasteiger partial charge in [-0.25, -0.2) is 9.37 Å². The van der Waals surface area contributed by atoms with E-state index in [0.29, 0.717) is 30.6 Å². The number of alkyl halides is 1. The number of anilines is 1. The molecule has 1 aliphatic heterocycles. The minimum atomic E-state index is -0.277. The molecule has 1 fully saturated rings. The van der Waals surface area contributed by atoms with Gasteiger partial charge in [0.2, 0.25) is 5.95 Å². The number of aromatic amines is 1. The van der Waals surface area contributed by atoms with Crippen LogP contribution in [0, 0.1) is 5.82 Å². The lowest BCUT2D eigenvalue weighted by Crippen LogP contribution is -2.45. The molecule has 2 N–H and O–H groups in total. The Hall–Kier alpha value is -1.33. The molecule has 0 bridgehead atoms. The van der Waals surface area contributed by atoms with Crippen molar-refractivity contribution < 1.29 is 9.13 Å². The molecule has 2 aromatic rings. The second kappa shape index (κ2) is 4.98. The maximum Gasteiger partial charge on any atom is 0.201 e. The molecule has 19 heavy (non-hydrogen) atoms. The fourth-order valence-electron chi connectivity index (χ4n) is 2.35. The van der Waals surface area contributed by atoms with Crippen molar-refractivity contribution in [1.82, 2.24) is 9.97 Å². The molecule has 0 spiro atoms. The van der Waals surface area contributed by atoms with Gasteiger partial charge in [-0.3, -0.25) is 0 Å².